The number of amides is 1. The van der Waals surface area contributed by atoms with E-state index in [1.165, 1.54) is 36.6 Å². The van der Waals surface area contributed by atoms with Gasteiger partial charge in [0.05, 0.1) is 23.3 Å². The predicted molar refractivity (Wildman–Crippen MR) is 135 cm³/mol. The minimum absolute atomic E-state index is 0.132. The quantitative estimate of drug-likeness (QED) is 0.342. The number of rotatable bonds is 7. The topological polar surface area (TPSA) is 114 Å². The maximum Gasteiger partial charge on any atom is 0.337 e. The fourth-order valence-corrected chi connectivity index (χ4v) is 4.95. The van der Waals surface area contributed by atoms with Crippen LogP contribution in [0.1, 0.15) is 26.3 Å². The second-order valence-corrected chi connectivity index (χ2v) is 10.1. The first-order valence-corrected chi connectivity index (χ1v) is 12.8. The first-order chi connectivity index (χ1) is 16.7. The molecule has 0 aliphatic carbocycles. The lowest BCUT2D eigenvalue weighted by molar-refractivity contribution is 0.0600. The van der Waals surface area contributed by atoms with Crippen molar-refractivity contribution in [2.75, 3.05) is 17.1 Å². The van der Waals surface area contributed by atoms with E-state index in [0.717, 1.165) is 11.1 Å². The maximum atomic E-state index is 12.8. The number of aromatic nitrogens is 1. The molecule has 4 aromatic rings. The number of anilines is 2. The second-order valence-electron chi connectivity index (χ2n) is 7.56. The highest BCUT2D eigenvalue weighted by Gasteiger charge is 2.16. The molecule has 35 heavy (non-hydrogen) atoms. The monoisotopic (exact) mass is 507 g/mol. The van der Waals surface area contributed by atoms with Gasteiger partial charge in [-0.15, -0.1) is 11.3 Å². The van der Waals surface area contributed by atoms with Gasteiger partial charge in [-0.2, -0.15) is 0 Å². The van der Waals surface area contributed by atoms with Crippen molar-refractivity contribution >= 4 is 44.1 Å². The molecule has 0 atom stereocenters. The van der Waals surface area contributed by atoms with Crippen molar-refractivity contribution in [3.05, 3.63) is 94.9 Å². The number of sulfonamides is 1. The molecule has 0 radical (unpaired) electrons. The molecule has 10 heteroatoms. The zero-order valence-electron chi connectivity index (χ0n) is 18.8. The van der Waals surface area contributed by atoms with Crippen LogP contribution >= 0.6 is 11.3 Å². The molecule has 0 saturated carbocycles. The summed E-state index contributed by atoms with van der Waals surface area (Å²) in [6.07, 6.45) is 0. The van der Waals surface area contributed by atoms with Crippen LogP contribution in [-0.2, 0) is 14.8 Å². The number of hydrogen-bond donors (Lipinski definition) is 2. The third-order valence-electron chi connectivity index (χ3n) is 5.03. The average molecular weight is 508 g/mol. The van der Waals surface area contributed by atoms with Crippen LogP contribution in [0.4, 0.5) is 10.8 Å². The third-order valence-corrected chi connectivity index (χ3v) is 7.19. The Morgan fingerprint density at radius 1 is 0.943 bits per heavy atom. The van der Waals surface area contributed by atoms with Gasteiger partial charge in [0.25, 0.3) is 15.9 Å². The lowest BCUT2D eigenvalue weighted by Crippen LogP contribution is -2.15. The number of aryl methyl sites for hydroxylation is 1. The number of thiazole rings is 1. The van der Waals surface area contributed by atoms with Gasteiger partial charge in [0.2, 0.25) is 0 Å². The van der Waals surface area contributed by atoms with E-state index < -0.39 is 21.9 Å². The van der Waals surface area contributed by atoms with Crippen molar-refractivity contribution in [3.8, 4) is 11.3 Å². The summed E-state index contributed by atoms with van der Waals surface area (Å²) in [6, 6.07) is 19.5. The Bertz CT molecular complexity index is 1480. The smallest absolute Gasteiger partial charge is 0.337 e. The zero-order valence-corrected chi connectivity index (χ0v) is 20.4. The molecule has 0 saturated heterocycles. The van der Waals surface area contributed by atoms with Crippen LogP contribution in [0.5, 0.6) is 0 Å². The molecule has 0 aliphatic rings. The van der Waals surface area contributed by atoms with Gasteiger partial charge < -0.3 is 4.74 Å². The van der Waals surface area contributed by atoms with Crippen LogP contribution in [0.2, 0.25) is 0 Å². The molecule has 0 bridgehead atoms. The minimum atomic E-state index is -3.79. The van der Waals surface area contributed by atoms with E-state index in [4.69, 9.17) is 4.74 Å². The largest absolute Gasteiger partial charge is 0.465 e. The lowest BCUT2D eigenvalue weighted by atomic mass is 10.1. The standard InChI is InChI=1S/C25H21N3O5S2/c1-16-6-12-21(13-7-16)35(31,32)28-20-5-3-4-19(14-20)23(29)27-25-26-22(15-34-25)17-8-10-18(11-9-17)24(30)33-2/h3-15,28H,1-2H3,(H,26,27,29). The Hall–Kier alpha value is -4.02. The lowest BCUT2D eigenvalue weighted by Gasteiger charge is -2.10. The Morgan fingerprint density at radius 2 is 1.66 bits per heavy atom. The van der Waals surface area contributed by atoms with Crippen molar-refractivity contribution in [1.82, 2.24) is 4.98 Å². The zero-order chi connectivity index (χ0) is 25.0. The molecular formula is C25H21N3O5S2. The first kappa shape index (κ1) is 24.1. The van der Waals surface area contributed by atoms with Gasteiger partial charge in [-0.3, -0.25) is 14.8 Å². The summed E-state index contributed by atoms with van der Waals surface area (Å²) in [7, 11) is -2.47. The molecule has 4 rings (SSSR count). The molecule has 1 aromatic heterocycles. The van der Waals surface area contributed by atoms with Gasteiger partial charge >= 0.3 is 5.97 Å². The number of carbonyl (C=O) groups excluding carboxylic acids is 2. The van der Waals surface area contributed by atoms with Crippen molar-refractivity contribution in [1.29, 1.82) is 0 Å². The van der Waals surface area contributed by atoms with Gasteiger partial charge in [-0.05, 0) is 49.4 Å². The SMILES string of the molecule is COC(=O)c1ccc(-c2csc(NC(=O)c3cccc(NS(=O)(=O)c4ccc(C)cc4)c3)n2)cc1. The number of carbonyl (C=O) groups is 2. The van der Waals surface area contributed by atoms with Crippen molar-refractivity contribution < 1.29 is 22.7 Å². The number of ether oxygens (including phenoxy) is 1. The molecule has 1 amide bonds. The van der Waals surface area contributed by atoms with Crippen molar-refractivity contribution in [2.45, 2.75) is 11.8 Å². The van der Waals surface area contributed by atoms with Gasteiger partial charge in [-0.1, -0.05) is 35.9 Å². The highest BCUT2D eigenvalue weighted by Crippen LogP contribution is 2.26. The van der Waals surface area contributed by atoms with Crippen LogP contribution < -0.4 is 10.0 Å². The summed E-state index contributed by atoms with van der Waals surface area (Å²) in [4.78, 5) is 28.9. The highest BCUT2D eigenvalue weighted by molar-refractivity contribution is 7.92. The summed E-state index contributed by atoms with van der Waals surface area (Å²) >= 11 is 1.25. The summed E-state index contributed by atoms with van der Waals surface area (Å²) in [5.74, 6) is -0.852. The Labute approximate surface area is 206 Å². The number of benzene rings is 3. The summed E-state index contributed by atoms with van der Waals surface area (Å²) in [5, 5.41) is 4.90. The van der Waals surface area contributed by atoms with E-state index in [1.54, 1.807) is 60.0 Å². The van der Waals surface area contributed by atoms with E-state index in [0.29, 0.717) is 16.4 Å². The molecule has 0 unspecified atom stereocenters. The Kier molecular flexibility index (Phi) is 6.94. The number of methoxy groups -OCH3 is 1. The van der Waals surface area contributed by atoms with Gasteiger partial charge in [-0.25, -0.2) is 18.2 Å². The normalized spacial score (nSPS) is 11.0. The Balaban J connectivity index is 1.45. The molecule has 2 N–H and O–H groups in total. The maximum absolute atomic E-state index is 12.8. The Morgan fingerprint density at radius 3 is 2.34 bits per heavy atom. The third kappa shape index (κ3) is 5.73. The van der Waals surface area contributed by atoms with Crippen LogP contribution in [0.3, 0.4) is 0 Å². The first-order valence-electron chi connectivity index (χ1n) is 10.4. The number of nitrogens with one attached hydrogen (secondary N) is 2. The fourth-order valence-electron chi connectivity index (χ4n) is 3.18. The fraction of sp³-hybridized carbons (Fsp3) is 0.0800. The van der Waals surface area contributed by atoms with Crippen LogP contribution in [0.25, 0.3) is 11.3 Å². The summed E-state index contributed by atoms with van der Waals surface area (Å²) in [6.45, 7) is 1.87. The molecule has 3 aromatic carbocycles. The summed E-state index contributed by atoms with van der Waals surface area (Å²) < 4.78 is 32.5. The van der Waals surface area contributed by atoms with E-state index in [2.05, 4.69) is 15.0 Å². The molecule has 1 heterocycles. The van der Waals surface area contributed by atoms with Gasteiger partial charge in [0, 0.05) is 22.2 Å². The van der Waals surface area contributed by atoms with Crippen LogP contribution in [-0.4, -0.2) is 32.4 Å². The average Bonchev–Trinajstić information content (AvgIpc) is 3.32. The summed E-state index contributed by atoms with van der Waals surface area (Å²) in [5.41, 5.74) is 3.34. The van der Waals surface area contributed by atoms with E-state index in [1.807, 2.05) is 6.92 Å². The number of nitrogens with zero attached hydrogens (tertiary/aromatic N) is 1. The molecule has 0 aliphatic heterocycles. The van der Waals surface area contributed by atoms with E-state index >= 15 is 0 Å². The van der Waals surface area contributed by atoms with E-state index in [-0.39, 0.29) is 16.1 Å². The minimum Gasteiger partial charge on any atom is -0.465 e. The van der Waals surface area contributed by atoms with Gasteiger partial charge in [0.15, 0.2) is 5.13 Å². The predicted octanol–water partition coefficient (Wildman–Crippen LogP) is 4.96. The molecule has 0 fully saturated rings. The second kappa shape index (κ2) is 10.1. The number of esters is 1. The van der Waals surface area contributed by atoms with Crippen LogP contribution in [0.15, 0.2) is 83.1 Å². The number of hydrogen-bond acceptors (Lipinski definition) is 7. The molecule has 178 valence electrons. The van der Waals surface area contributed by atoms with Gasteiger partial charge in [0.1, 0.15) is 0 Å². The molecule has 0 spiro atoms. The van der Waals surface area contributed by atoms with Crippen molar-refractivity contribution in [3.63, 3.8) is 0 Å². The van der Waals surface area contributed by atoms with Crippen LogP contribution in [0, 0.1) is 6.92 Å². The van der Waals surface area contributed by atoms with Crippen molar-refractivity contribution in [2.24, 2.45) is 0 Å². The molecular weight excluding hydrogens is 486 g/mol. The molecule has 8 nitrogen and oxygen atoms in total. The highest BCUT2D eigenvalue weighted by atomic mass is 32.2. The van der Waals surface area contributed by atoms with E-state index in [9.17, 15) is 18.0 Å².